The maximum absolute atomic E-state index is 11.8. The zero-order valence-corrected chi connectivity index (χ0v) is 9.80. The maximum atomic E-state index is 11.8. The molecular weight excluding hydrogens is 222 g/mol. The van der Waals surface area contributed by atoms with Crippen molar-refractivity contribution < 1.29 is 14.7 Å². The predicted octanol–water partition coefficient (Wildman–Crippen LogP) is 1.27. The van der Waals surface area contributed by atoms with Crippen LogP contribution in [0.1, 0.15) is 32.7 Å². The van der Waals surface area contributed by atoms with Crippen molar-refractivity contribution in [2.75, 3.05) is 5.32 Å². The lowest BCUT2D eigenvalue weighted by molar-refractivity contribution is -0.147. The van der Waals surface area contributed by atoms with E-state index in [0.29, 0.717) is 18.5 Å². The topological polar surface area (TPSA) is 84.2 Å². The van der Waals surface area contributed by atoms with Crippen LogP contribution in [0.3, 0.4) is 0 Å². The lowest BCUT2D eigenvalue weighted by Gasteiger charge is -2.09. The number of aliphatic carboxylic acids is 1. The van der Waals surface area contributed by atoms with Crippen molar-refractivity contribution in [1.29, 1.82) is 0 Å². The van der Waals surface area contributed by atoms with Crippen molar-refractivity contribution >= 4 is 17.6 Å². The fourth-order valence-corrected chi connectivity index (χ4v) is 1.60. The normalized spacial score (nSPS) is 16.9. The number of hydrogen-bond acceptors (Lipinski definition) is 3. The van der Waals surface area contributed by atoms with Gasteiger partial charge >= 0.3 is 5.97 Å². The Kier molecular flexibility index (Phi) is 2.65. The second kappa shape index (κ2) is 3.87. The molecule has 0 atom stereocenters. The molecule has 0 spiro atoms. The first kappa shape index (κ1) is 11.6. The van der Waals surface area contributed by atoms with E-state index in [4.69, 9.17) is 5.11 Å². The van der Waals surface area contributed by atoms with Crippen LogP contribution >= 0.6 is 0 Å². The third-order valence-electron chi connectivity index (χ3n) is 2.98. The van der Waals surface area contributed by atoms with Gasteiger partial charge in [-0.25, -0.2) is 0 Å². The Morgan fingerprint density at radius 1 is 1.53 bits per heavy atom. The molecule has 2 rings (SSSR count). The number of rotatable bonds is 4. The number of amides is 1. The van der Waals surface area contributed by atoms with Crippen LogP contribution < -0.4 is 5.32 Å². The fourth-order valence-electron chi connectivity index (χ4n) is 1.60. The van der Waals surface area contributed by atoms with Gasteiger partial charge in [-0.05, 0) is 26.7 Å². The predicted molar refractivity (Wildman–Crippen MR) is 60.5 cm³/mol. The molecule has 0 bridgehead atoms. The summed E-state index contributed by atoms with van der Waals surface area (Å²) in [6.07, 6.45) is 4.04. The Hall–Kier alpha value is -1.85. The van der Waals surface area contributed by atoms with Gasteiger partial charge in [-0.1, -0.05) is 0 Å². The third kappa shape index (κ3) is 2.02. The number of nitrogens with zero attached hydrogens (tertiary/aromatic N) is 2. The molecule has 1 saturated carbocycles. The average molecular weight is 237 g/mol. The summed E-state index contributed by atoms with van der Waals surface area (Å²) in [5, 5.41) is 15.6. The Balaban J connectivity index is 2.06. The number of carbonyl (C=O) groups excluding carboxylic acids is 1. The van der Waals surface area contributed by atoms with Gasteiger partial charge in [0, 0.05) is 12.2 Å². The number of carbonyl (C=O) groups is 2. The molecule has 0 unspecified atom stereocenters. The lowest BCUT2D eigenvalue weighted by Crippen LogP contribution is -2.31. The zero-order valence-electron chi connectivity index (χ0n) is 9.80. The van der Waals surface area contributed by atoms with Gasteiger partial charge in [0.1, 0.15) is 5.41 Å². The smallest absolute Gasteiger partial charge is 0.319 e. The van der Waals surface area contributed by atoms with Crippen molar-refractivity contribution in [3.05, 3.63) is 12.4 Å². The van der Waals surface area contributed by atoms with E-state index < -0.39 is 17.3 Å². The van der Waals surface area contributed by atoms with Gasteiger partial charge in [-0.2, -0.15) is 5.10 Å². The highest BCUT2D eigenvalue weighted by Gasteiger charge is 2.57. The molecule has 1 aromatic heterocycles. The van der Waals surface area contributed by atoms with Crippen LogP contribution in [0.2, 0.25) is 0 Å². The molecule has 6 heteroatoms. The minimum Gasteiger partial charge on any atom is -0.480 e. The second-order valence-corrected chi connectivity index (χ2v) is 4.64. The van der Waals surface area contributed by atoms with E-state index in [2.05, 4.69) is 10.4 Å². The molecule has 17 heavy (non-hydrogen) atoms. The summed E-state index contributed by atoms with van der Waals surface area (Å²) in [5.41, 5.74) is -0.670. The van der Waals surface area contributed by atoms with Gasteiger partial charge in [0.05, 0.1) is 11.9 Å². The van der Waals surface area contributed by atoms with Crippen molar-refractivity contribution in [3.63, 3.8) is 0 Å². The molecule has 1 amide bonds. The number of carboxylic acid groups (broad SMARTS) is 1. The van der Waals surface area contributed by atoms with Gasteiger partial charge in [0.25, 0.3) is 0 Å². The molecule has 1 aliphatic rings. The molecule has 0 radical (unpaired) electrons. The summed E-state index contributed by atoms with van der Waals surface area (Å²) in [6, 6.07) is 0.204. The quantitative estimate of drug-likeness (QED) is 0.772. The molecule has 1 aliphatic carbocycles. The van der Waals surface area contributed by atoms with Crippen LogP contribution in [0, 0.1) is 5.41 Å². The molecule has 92 valence electrons. The highest BCUT2D eigenvalue weighted by Crippen LogP contribution is 2.46. The molecule has 1 fully saturated rings. The van der Waals surface area contributed by atoms with E-state index in [1.165, 1.54) is 6.20 Å². The largest absolute Gasteiger partial charge is 0.480 e. The summed E-state index contributed by atoms with van der Waals surface area (Å²) in [6.45, 7) is 3.94. The molecule has 1 heterocycles. The average Bonchev–Trinajstić information content (AvgIpc) is 2.94. The Morgan fingerprint density at radius 2 is 2.18 bits per heavy atom. The van der Waals surface area contributed by atoms with E-state index in [0.717, 1.165) is 0 Å². The zero-order chi connectivity index (χ0) is 12.6. The Morgan fingerprint density at radius 3 is 2.59 bits per heavy atom. The monoisotopic (exact) mass is 237 g/mol. The highest BCUT2D eigenvalue weighted by atomic mass is 16.4. The number of anilines is 1. The summed E-state index contributed by atoms with van der Waals surface area (Å²) in [4.78, 5) is 22.7. The molecule has 0 aliphatic heterocycles. The number of aromatic nitrogens is 2. The summed E-state index contributed by atoms with van der Waals surface area (Å²) in [7, 11) is 0. The minimum atomic E-state index is -1.21. The second-order valence-electron chi connectivity index (χ2n) is 4.64. The van der Waals surface area contributed by atoms with E-state index in [1.54, 1.807) is 10.9 Å². The first-order chi connectivity index (χ1) is 7.95. The van der Waals surface area contributed by atoms with E-state index >= 15 is 0 Å². The van der Waals surface area contributed by atoms with Crippen LogP contribution in [-0.2, 0) is 9.59 Å². The minimum absolute atomic E-state index is 0.204. The molecule has 6 nitrogen and oxygen atoms in total. The first-order valence-electron chi connectivity index (χ1n) is 5.55. The van der Waals surface area contributed by atoms with Crippen molar-refractivity contribution in [1.82, 2.24) is 9.78 Å². The summed E-state index contributed by atoms with van der Waals surface area (Å²) >= 11 is 0. The molecule has 0 saturated heterocycles. The van der Waals surface area contributed by atoms with Crippen molar-refractivity contribution in [2.45, 2.75) is 32.7 Å². The van der Waals surface area contributed by atoms with Gasteiger partial charge in [-0.15, -0.1) is 0 Å². The number of carboxylic acids is 1. The Bertz CT molecular complexity index is 460. The van der Waals surface area contributed by atoms with Crippen molar-refractivity contribution in [3.8, 4) is 0 Å². The summed E-state index contributed by atoms with van der Waals surface area (Å²) < 4.78 is 1.70. The van der Waals surface area contributed by atoms with Crippen LogP contribution in [0.4, 0.5) is 5.69 Å². The van der Waals surface area contributed by atoms with Crippen LogP contribution in [0.5, 0.6) is 0 Å². The van der Waals surface area contributed by atoms with Gasteiger partial charge in [-0.3, -0.25) is 14.3 Å². The Labute approximate surface area is 98.6 Å². The van der Waals surface area contributed by atoms with Crippen molar-refractivity contribution in [2.24, 2.45) is 5.41 Å². The number of hydrogen-bond donors (Lipinski definition) is 2. The molecule has 2 N–H and O–H groups in total. The molecule has 0 aromatic carbocycles. The number of nitrogens with one attached hydrogen (secondary N) is 1. The molecule has 1 aromatic rings. The standard InChI is InChI=1S/C11H15N3O3/c1-7(2)14-6-8(5-12-14)13-9(15)11(3-4-11)10(16)17/h5-7H,3-4H2,1-2H3,(H,13,15)(H,16,17). The van der Waals surface area contributed by atoms with E-state index in [1.807, 2.05) is 13.8 Å². The fraction of sp³-hybridized carbons (Fsp3) is 0.545. The van der Waals surface area contributed by atoms with Gasteiger partial charge in [0.2, 0.25) is 5.91 Å². The lowest BCUT2D eigenvalue weighted by atomic mass is 10.1. The van der Waals surface area contributed by atoms with Gasteiger partial charge in [0.15, 0.2) is 0 Å². The van der Waals surface area contributed by atoms with Crippen LogP contribution in [0.25, 0.3) is 0 Å². The maximum Gasteiger partial charge on any atom is 0.319 e. The first-order valence-corrected chi connectivity index (χ1v) is 5.55. The van der Waals surface area contributed by atoms with Crippen LogP contribution in [0.15, 0.2) is 12.4 Å². The van der Waals surface area contributed by atoms with E-state index in [9.17, 15) is 9.59 Å². The van der Waals surface area contributed by atoms with Crippen LogP contribution in [-0.4, -0.2) is 26.8 Å². The SMILES string of the molecule is CC(C)n1cc(NC(=O)C2(C(=O)O)CC2)cn1. The third-order valence-corrected chi connectivity index (χ3v) is 2.98. The van der Waals surface area contributed by atoms with Gasteiger partial charge < -0.3 is 10.4 Å². The summed E-state index contributed by atoms with van der Waals surface area (Å²) in [5.74, 6) is -1.50. The molecular formula is C11H15N3O3. The van der Waals surface area contributed by atoms with E-state index in [-0.39, 0.29) is 6.04 Å². The highest BCUT2D eigenvalue weighted by molar-refractivity contribution is 6.10.